The molecule has 0 amide bonds. The fraction of sp³-hybridized carbons (Fsp3) is 0.286. The summed E-state index contributed by atoms with van der Waals surface area (Å²) in [6.45, 7) is 5.07. The molecule has 0 saturated carbocycles. The van der Waals surface area contributed by atoms with Crippen molar-refractivity contribution in [3.05, 3.63) is 59.7 Å². The van der Waals surface area contributed by atoms with Crippen molar-refractivity contribution in [3.8, 4) is 0 Å². The molecule has 0 spiro atoms. The van der Waals surface area contributed by atoms with Crippen LogP contribution in [0.15, 0.2) is 42.9 Å². The molecule has 1 heterocycles. The number of nitrogens with zero attached hydrogens (tertiary/aromatic N) is 2. The first-order valence-electron chi connectivity index (χ1n) is 5.81. The van der Waals surface area contributed by atoms with Crippen LogP contribution < -0.4 is 5.32 Å². The summed E-state index contributed by atoms with van der Waals surface area (Å²) in [5, 5.41) is 3.47. The number of hydrogen-bond acceptors (Lipinski definition) is 3. The molecule has 1 atom stereocenters. The van der Waals surface area contributed by atoms with Gasteiger partial charge in [0.25, 0.3) is 0 Å². The minimum Gasteiger partial charge on any atom is -0.305 e. The van der Waals surface area contributed by atoms with E-state index in [0.717, 1.165) is 12.2 Å². The van der Waals surface area contributed by atoms with Gasteiger partial charge in [-0.15, -0.1) is 0 Å². The summed E-state index contributed by atoms with van der Waals surface area (Å²) < 4.78 is 0. The molecule has 0 aliphatic heterocycles. The molecule has 17 heavy (non-hydrogen) atoms. The fourth-order valence-electron chi connectivity index (χ4n) is 1.86. The lowest BCUT2D eigenvalue weighted by Crippen LogP contribution is -2.19. The highest BCUT2D eigenvalue weighted by molar-refractivity contribution is 5.28. The van der Waals surface area contributed by atoms with Gasteiger partial charge < -0.3 is 5.32 Å². The van der Waals surface area contributed by atoms with Crippen molar-refractivity contribution in [2.24, 2.45) is 0 Å². The molecule has 2 aromatic rings. The van der Waals surface area contributed by atoms with E-state index in [4.69, 9.17) is 0 Å². The molecule has 1 N–H and O–H groups in total. The smallest absolute Gasteiger partial charge is 0.115 e. The van der Waals surface area contributed by atoms with Crippen LogP contribution in [0.3, 0.4) is 0 Å². The van der Waals surface area contributed by atoms with Crippen LogP contribution in [0.5, 0.6) is 0 Å². The molecule has 0 aliphatic rings. The lowest BCUT2D eigenvalue weighted by molar-refractivity contribution is 0.564. The highest BCUT2D eigenvalue weighted by Crippen LogP contribution is 2.16. The number of hydrogen-bond donors (Lipinski definition) is 1. The molecule has 1 unspecified atom stereocenters. The maximum absolute atomic E-state index is 4.19. The van der Waals surface area contributed by atoms with E-state index in [1.54, 1.807) is 12.5 Å². The second-order valence-corrected chi connectivity index (χ2v) is 4.16. The van der Waals surface area contributed by atoms with Crippen molar-refractivity contribution in [2.45, 2.75) is 26.4 Å². The van der Waals surface area contributed by atoms with Crippen molar-refractivity contribution in [3.63, 3.8) is 0 Å². The Hall–Kier alpha value is -1.74. The predicted molar refractivity (Wildman–Crippen MR) is 68.5 cm³/mol. The molecule has 0 fully saturated rings. The topological polar surface area (TPSA) is 37.8 Å². The van der Waals surface area contributed by atoms with Gasteiger partial charge in [-0.1, -0.05) is 24.3 Å². The standard InChI is InChI=1S/C14H17N3/c1-11-5-3-4-6-14(11)12(2)16-9-13-7-8-15-10-17-13/h3-8,10,12,16H,9H2,1-2H3. The Morgan fingerprint density at radius 1 is 1.24 bits per heavy atom. The van der Waals surface area contributed by atoms with E-state index in [9.17, 15) is 0 Å². The van der Waals surface area contributed by atoms with E-state index in [1.807, 2.05) is 6.07 Å². The van der Waals surface area contributed by atoms with Crippen molar-refractivity contribution < 1.29 is 0 Å². The largest absolute Gasteiger partial charge is 0.305 e. The zero-order valence-corrected chi connectivity index (χ0v) is 10.2. The molecule has 1 aromatic carbocycles. The summed E-state index contributed by atoms with van der Waals surface area (Å²) in [5.41, 5.74) is 3.66. The summed E-state index contributed by atoms with van der Waals surface area (Å²) in [4.78, 5) is 8.10. The quantitative estimate of drug-likeness (QED) is 0.872. The van der Waals surface area contributed by atoms with Crippen LogP contribution >= 0.6 is 0 Å². The van der Waals surface area contributed by atoms with E-state index in [0.29, 0.717) is 6.04 Å². The van der Waals surface area contributed by atoms with Gasteiger partial charge in [0.15, 0.2) is 0 Å². The number of benzene rings is 1. The second-order valence-electron chi connectivity index (χ2n) is 4.16. The van der Waals surface area contributed by atoms with Gasteiger partial charge in [0.2, 0.25) is 0 Å². The summed E-state index contributed by atoms with van der Waals surface area (Å²) in [6.07, 6.45) is 3.35. The minimum absolute atomic E-state index is 0.325. The monoisotopic (exact) mass is 227 g/mol. The zero-order valence-electron chi connectivity index (χ0n) is 10.2. The summed E-state index contributed by atoms with van der Waals surface area (Å²) in [5.74, 6) is 0. The molecular formula is C14H17N3. The Labute approximate surface area is 102 Å². The first kappa shape index (κ1) is 11.7. The van der Waals surface area contributed by atoms with Crippen molar-refractivity contribution >= 4 is 0 Å². The van der Waals surface area contributed by atoms with Crippen molar-refractivity contribution in [1.29, 1.82) is 0 Å². The number of aryl methyl sites for hydroxylation is 1. The predicted octanol–water partition coefficient (Wildman–Crippen LogP) is 2.64. The lowest BCUT2D eigenvalue weighted by atomic mass is 10.0. The highest BCUT2D eigenvalue weighted by Gasteiger charge is 2.06. The van der Waals surface area contributed by atoms with Crippen LogP contribution in [0.2, 0.25) is 0 Å². The average Bonchev–Trinajstić information content (AvgIpc) is 2.38. The number of aromatic nitrogens is 2. The zero-order chi connectivity index (χ0) is 12.1. The third-order valence-electron chi connectivity index (χ3n) is 2.89. The third kappa shape index (κ3) is 3.11. The molecule has 88 valence electrons. The third-order valence-corrected chi connectivity index (χ3v) is 2.89. The van der Waals surface area contributed by atoms with Gasteiger partial charge in [0.1, 0.15) is 6.33 Å². The van der Waals surface area contributed by atoms with Gasteiger partial charge in [-0.25, -0.2) is 9.97 Å². The molecular weight excluding hydrogens is 210 g/mol. The van der Waals surface area contributed by atoms with Gasteiger partial charge in [-0.3, -0.25) is 0 Å². The van der Waals surface area contributed by atoms with Crippen LogP contribution in [0.1, 0.15) is 29.8 Å². The Kier molecular flexibility index (Phi) is 3.83. The number of rotatable bonds is 4. The Morgan fingerprint density at radius 2 is 2.06 bits per heavy atom. The first-order valence-corrected chi connectivity index (χ1v) is 5.81. The van der Waals surface area contributed by atoms with Crippen LogP contribution in [0.25, 0.3) is 0 Å². The summed E-state index contributed by atoms with van der Waals surface area (Å²) in [7, 11) is 0. The Balaban J connectivity index is 1.99. The minimum atomic E-state index is 0.325. The van der Waals surface area contributed by atoms with Crippen LogP contribution in [-0.4, -0.2) is 9.97 Å². The Morgan fingerprint density at radius 3 is 2.76 bits per heavy atom. The van der Waals surface area contributed by atoms with Crippen molar-refractivity contribution in [2.75, 3.05) is 0 Å². The molecule has 0 aliphatic carbocycles. The molecule has 0 saturated heterocycles. The second kappa shape index (κ2) is 5.55. The molecule has 0 radical (unpaired) electrons. The van der Waals surface area contributed by atoms with Gasteiger partial charge in [0, 0.05) is 18.8 Å². The van der Waals surface area contributed by atoms with Crippen molar-refractivity contribution in [1.82, 2.24) is 15.3 Å². The number of nitrogens with one attached hydrogen (secondary N) is 1. The van der Waals surface area contributed by atoms with E-state index < -0.39 is 0 Å². The van der Waals surface area contributed by atoms with E-state index in [-0.39, 0.29) is 0 Å². The van der Waals surface area contributed by atoms with E-state index in [2.05, 4.69) is 53.4 Å². The highest BCUT2D eigenvalue weighted by atomic mass is 14.9. The summed E-state index contributed by atoms with van der Waals surface area (Å²) in [6, 6.07) is 10.7. The molecule has 0 bridgehead atoms. The lowest BCUT2D eigenvalue weighted by Gasteiger charge is -2.16. The molecule has 1 aromatic heterocycles. The molecule has 2 rings (SSSR count). The van der Waals surface area contributed by atoms with E-state index >= 15 is 0 Å². The first-order chi connectivity index (χ1) is 8.27. The van der Waals surface area contributed by atoms with Gasteiger partial charge in [-0.05, 0) is 31.0 Å². The molecule has 3 heteroatoms. The van der Waals surface area contributed by atoms with Gasteiger partial charge >= 0.3 is 0 Å². The SMILES string of the molecule is Cc1ccccc1C(C)NCc1ccncn1. The Bertz CT molecular complexity index is 468. The van der Waals surface area contributed by atoms with Gasteiger partial charge in [-0.2, -0.15) is 0 Å². The average molecular weight is 227 g/mol. The van der Waals surface area contributed by atoms with Crippen LogP contribution in [0, 0.1) is 6.92 Å². The maximum Gasteiger partial charge on any atom is 0.115 e. The molecule has 3 nitrogen and oxygen atoms in total. The van der Waals surface area contributed by atoms with E-state index in [1.165, 1.54) is 11.1 Å². The summed E-state index contributed by atoms with van der Waals surface area (Å²) >= 11 is 0. The van der Waals surface area contributed by atoms with Gasteiger partial charge in [0.05, 0.1) is 5.69 Å². The van der Waals surface area contributed by atoms with Crippen LogP contribution in [0.4, 0.5) is 0 Å². The van der Waals surface area contributed by atoms with Crippen LogP contribution in [-0.2, 0) is 6.54 Å². The maximum atomic E-state index is 4.19. The normalized spacial score (nSPS) is 12.4. The fourth-order valence-corrected chi connectivity index (χ4v) is 1.86.